The van der Waals surface area contributed by atoms with Gasteiger partial charge in [-0.3, -0.25) is 9.59 Å². The molecule has 1 atom stereocenters. The molecule has 0 bridgehead atoms. The van der Waals surface area contributed by atoms with Crippen molar-refractivity contribution >= 4 is 23.6 Å². The molecule has 2 aromatic rings. The number of aromatic hydroxyl groups is 1. The summed E-state index contributed by atoms with van der Waals surface area (Å²) < 4.78 is 10.6. The highest BCUT2D eigenvalue weighted by Crippen LogP contribution is 2.18. The Morgan fingerprint density at radius 1 is 1.03 bits per heavy atom. The van der Waals surface area contributed by atoms with Crippen molar-refractivity contribution in [1.82, 2.24) is 10.6 Å². The van der Waals surface area contributed by atoms with Crippen LogP contribution < -0.4 is 20.7 Å². The minimum atomic E-state index is -0.762. The van der Waals surface area contributed by atoms with E-state index in [2.05, 4.69) is 16.0 Å². The highest BCUT2D eigenvalue weighted by atomic mass is 16.6. The number of ether oxygens (including phenoxy) is 2. The number of amides is 3. The van der Waals surface area contributed by atoms with Gasteiger partial charge in [-0.25, -0.2) is 4.79 Å². The number of phenols is 1. The maximum atomic E-state index is 12.4. The summed E-state index contributed by atoms with van der Waals surface area (Å²) in [5.41, 5.74) is 0.674. The summed E-state index contributed by atoms with van der Waals surface area (Å²) in [6.07, 6.45) is -1.43. The van der Waals surface area contributed by atoms with Crippen LogP contribution in [-0.2, 0) is 20.9 Å². The number of carbonyl (C=O) groups excluding carboxylic acids is 3. The van der Waals surface area contributed by atoms with E-state index in [0.29, 0.717) is 11.4 Å². The van der Waals surface area contributed by atoms with Crippen LogP contribution in [0.25, 0.3) is 0 Å². The van der Waals surface area contributed by atoms with Gasteiger partial charge in [0.2, 0.25) is 5.91 Å². The number of hydrogen-bond donors (Lipinski definition) is 4. The van der Waals surface area contributed by atoms with E-state index in [9.17, 15) is 19.5 Å². The Morgan fingerprint density at radius 2 is 1.72 bits per heavy atom. The molecule has 0 aliphatic rings. The fraction of sp³-hybridized carbons (Fsp3) is 0.348. The lowest BCUT2D eigenvalue weighted by Gasteiger charge is -2.19. The Hall–Kier alpha value is -3.75. The number of carbonyl (C=O) groups is 3. The molecule has 32 heavy (non-hydrogen) atoms. The van der Waals surface area contributed by atoms with E-state index in [-0.39, 0.29) is 30.7 Å². The average Bonchev–Trinajstić information content (AvgIpc) is 2.71. The van der Waals surface area contributed by atoms with Gasteiger partial charge in [-0.2, -0.15) is 0 Å². The summed E-state index contributed by atoms with van der Waals surface area (Å²) >= 11 is 0. The summed E-state index contributed by atoms with van der Waals surface area (Å²) in [6.45, 7) is 6.83. The highest BCUT2D eigenvalue weighted by molar-refractivity contribution is 5.94. The molecule has 9 heteroatoms. The minimum absolute atomic E-state index is 0.110. The zero-order valence-electron chi connectivity index (χ0n) is 18.6. The van der Waals surface area contributed by atoms with Crippen LogP contribution in [0.4, 0.5) is 10.5 Å². The van der Waals surface area contributed by atoms with Gasteiger partial charge in [0.25, 0.3) is 5.91 Å². The molecule has 0 heterocycles. The van der Waals surface area contributed by atoms with Gasteiger partial charge >= 0.3 is 6.09 Å². The van der Waals surface area contributed by atoms with Crippen molar-refractivity contribution in [3.05, 3.63) is 54.1 Å². The number of anilines is 1. The Balaban J connectivity index is 1.81. The average molecular weight is 444 g/mol. The second-order valence-electron chi connectivity index (χ2n) is 8.08. The zero-order valence-corrected chi connectivity index (χ0v) is 18.6. The molecule has 1 unspecified atom stereocenters. The lowest BCUT2D eigenvalue weighted by molar-refractivity contribution is -0.122. The number of benzene rings is 2. The number of alkyl carbamates (subject to hydrolysis) is 1. The molecule has 3 amide bonds. The predicted molar refractivity (Wildman–Crippen MR) is 119 cm³/mol. The molecule has 0 aliphatic heterocycles. The summed E-state index contributed by atoms with van der Waals surface area (Å²) in [5.74, 6) is -0.150. The largest absolute Gasteiger partial charge is 0.508 e. The van der Waals surface area contributed by atoms with Gasteiger partial charge in [0.1, 0.15) is 23.6 Å². The first-order chi connectivity index (χ1) is 15.0. The van der Waals surface area contributed by atoms with Crippen LogP contribution in [0.2, 0.25) is 0 Å². The monoisotopic (exact) mass is 443 g/mol. The van der Waals surface area contributed by atoms with Crippen LogP contribution in [0.1, 0.15) is 33.3 Å². The van der Waals surface area contributed by atoms with Crippen LogP contribution in [0.15, 0.2) is 48.5 Å². The third kappa shape index (κ3) is 8.95. The number of nitrogens with one attached hydrogen (secondary N) is 3. The van der Waals surface area contributed by atoms with Crippen molar-refractivity contribution in [3.63, 3.8) is 0 Å². The van der Waals surface area contributed by atoms with Gasteiger partial charge in [-0.05, 0) is 69.7 Å². The van der Waals surface area contributed by atoms with Gasteiger partial charge in [-0.1, -0.05) is 12.1 Å². The normalized spacial score (nSPS) is 11.8. The van der Waals surface area contributed by atoms with Crippen molar-refractivity contribution in [2.24, 2.45) is 0 Å². The SMILES string of the molecule is CC(Oc1ccc(O)cc1)C(=O)Nc1cccc(CNC(=O)CNC(=O)OC(C)(C)C)c1. The van der Waals surface area contributed by atoms with E-state index in [1.807, 2.05) is 0 Å². The van der Waals surface area contributed by atoms with Crippen molar-refractivity contribution in [1.29, 1.82) is 0 Å². The fourth-order valence-corrected chi connectivity index (χ4v) is 2.52. The molecule has 0 radical (unpaired) electrons. The van der Waals surface area contributed by atoms with Crippen molar-refractivity contribution in [2.45, 2.75) is 45.9 Å². The molecule has 0 fully saturated rings. The second-order valence-corrected chi connectivity index (χ2v) is 8.08. The van der Waals surface area contributed by atoms with Crippen molar-refractivity contribution in [2.75, 3.05) is 11.9 Å². The molecule has 4 N–H and O–H groups in total. The van der Waals surface area contributed by atoms with Gasteiger partial charge < -0.3 is 30.5 Å². The topological polar surface area (TPSA) is 126 Å². The van der Waals surface area contributed by atoms with E-state index in [4.69, 9.17) is 9.47 Å². The van der Waals surface area contributed by atoms with Crippen LogP contribution in [0.5, 0.6) is 11.5 Å². The van der Waals surface area contributed by atoms with Gasteiger partial charge in [0.05, 0.1) is 0 Å². The smallest absolute Gasteiger partial charge is 0.408 e. The molecule has 172 valence electrons. The minimum Gasteiger partial charge on any atom is -0.508 e. The molecule has 2 rings (SSSR count). The van der Waals surface area contributed by atoms with E-state index in [0.717, 1.165) is 5.56 Å². The summed E-state index contributed by atoms with van der Waals surface area (Å²) in [6, 6.07) is 13.1. The third-order valence-corrected chi connectivity index (χ3v) is 4.00. The molecule has 9 nitrogen and oxygen atoms in total. The molecular formula is C23H29N3O6. The maximum absolute atomic E-state index is 12.4. The van der Waals surface area contributed by atoms with Crippen molar-refractivity contribution < 1.29 is 29.0 Å². The Bertz CT molecular complexity index is 937. The molecule has 0 aromatic heterocycles. The lowest BCUT2D eigenvalue weighted by atomic mass is 10.2. The number of phenolic OH excluding ortho intramolecular Hbond substituents is 1. The molecule has 2 aromatic carbocycles. The van der Waals surface area contributed by atoms with E-state index >= 15 is 0 Å². The first-order valence-corrected chi connectivity index (χ1v) is 10.1. The highest BCUT2D eigenvalue weighted by Gasteiger charge is 2.17. The molecule has 0 aliphatic carbocycles. The maximum Gasteiger partial charge on any atom is 0.408 e. The Kier molecular flexibility index (Phi) is 8.46. The van der Waals surface area contributed by atoms with E-state index in [1.54, 1.807) is 64.1 Å². The molecular weight excluding hydrogens is 414 g/mol. The van der Waals surface area contributed by atoms with Crippen LogP contribution in [0.3, 0.4) is 0 Å². The number of rotatable bonds is 8. The van der Waals surface area contributed by atoms with Crippen LogP contribution in [-0.4, -0.2) is 41.3 Å². The summed E-state index contributed by atoms with van der Waals surface area (Å²) in [7, 11) is 0. The van der Waals surface area contributed by atoms with Crippen LogP contribution >= 0.6 is 0 Å². The quantitative estimate of drug-likeness (QED) is 0.497. The van der Waals surface area contributed by atoms with Crippen molar-refractivity contribution in [3.8, 4) is 11.5 Å². The summed E-state index contributed by atoms with van der Waals surface area (Å²) in [5, 5.41) is 17.2. The Labute approximate surface area is 187 Å². The first kappa shape index (κ1) is 24.5. The van der Waals surface area contributed by atoms with E-state index in [1.165, 1.54) is 12.1 Å². The van der Waals surface area contributed by atoms with E-state index < -0.39 is 17.8 Å². The van der Waals surface area contributed by atoms with Crippen LogP contribution in [0, 0.1) is 0 Å². The first-order valence-electron chi connectivity index (χ1n) is 10.1. The summed E-state index contributed by atoms with van der Waals surface area (Å²) in [4.78, 5) is 35.9. The third-order valence-electron chi connectivity index (χ3n) is 4.00. The Morgan fingerprint density at radius 3 is 2.38 bits per heavy atom. The van der Waals surface area contributed by atoms with Gasteiger partial charge in [0.15, 0.2) is 6.10 Å². The van der Waals surface area contributed by atoms with Gasteiger partial charge in [0, 0.05) is 12.2 Å². The van der Waals surface area contributed by atoms with Gasteiger partial charge in [-0.15, -0.1) is 0 Å². The predicted octanol–water partition coefficient (Wildman–Crippen LogP) is 2.94. The molecule has 0 spiro atoms. The number of hydrogen-bond acceptors (Lipinski definition) is 6. The molecule has 0 saturated heterocycles. The zero-order chi connectivity index (χ0) is 23.7. The standard InChI is InChI=1S/C23H29N3O6/c1-15(31-19-10-8-18(27)9-11-19)21(29)26-17-7-5-6-16(12-17)13-24-20(28)14-25-22(30)32-23(2,3)4/h5-12,15,27H,13-14H2,1-4H3,(H,24,28)(H,25,30)(H,26,29). The molecule has 0 saturated carbocycles. The fourth-order valence-electron chi connectivity index (χ4n) is 2.52. The lowest BCUT2D eigenvalue weighted by Crippen LogP contribution is -2.39. The second kappa shape index (κ2) is 11.0.